The number of benzene rings is 1. The minimum atomic E-state index is -0.143. The Balaban J connectivity index is 1.39. The zero-order valence-electron chi connectivity index (χ0n) is 14.4. The molecule has 1 amide bonds. The molecule has 0 spiro atoms. The minimum Gasteiger partial charge on any atom is -0.473 e. The van der Waals surface area contributed by atoms with Crippen LogP contribution in [0.3, 0.4) is 0 Å². The van der Waals surface area contributed by atoms with Crippen LogP contribution in [0.15, 0.2) is 54.9 Å². The molecule has 1 fully saturated rings. The van der Waals surface area contributed by atoms with Gasteiger partial charge in [-0.15, -0.1) is 0 Å². The number of carbonyl (C=O) groups excluding carboxylic acids is 1. The van der Waals surface area contributed by atoms with E-state index in [1.54, 1.807) is 18.3 Å². The van der Waals surface area contributed by atoms with E-state index in [4.69, 9.17) is 4.74 Å². The number of amides is 1. The fourth-order valence-corrected chi connectivity index (χ4v) is 4.24. The predicted octanol–water partition coefficient (Wildman–Crippen LogP) is 3.35. The molecular weight excluding hydrogens is 346 g/mol. The van der Waals surface area contributed by atoms with Crippen molar-refractivity contribution in [3.05, 3.63) is 60.4 Å². The molecule has 0 aliphatic carbocycles. The minimum absolute atomic E-state index is 0.143. The van der Waals surface area contributed by atoms with Crippen molar-refractivity contribution in [1.82, 2.24) is 14.9 Å². The quantitative estimate of drug-likeness (QED) is 0.726. The van der Waals surface area contributed by atoms with Crippen molar-refractivity contribution in [3.8, 4) is 5.88 Å². The molecular formula is C20H21N3O2S. The van der Waals surface area contributed by atoms with Gasteiger partial charge >= 0.3 is 0 Å². The Kier molecular flexibility index (Phi) is 5.11. The molecule has 1 aliphatic rings. The maximum Gasteiger partial charge on any atom is 0.256 e. The number of nitrogens with one attached hydrogen (secondary N) is 1. The molecule has 0 radical (unpaired) electrons. The van der Waals surface area contributed by atoms with Gasteiger partial charge in [-0.05, 0) is 41.8 Å². The van der Waals surface area contributed by atoms with Gasteiger partial charge in [-0.1, -0.05) is 18.2 Å². The third-order valence-electron chi connectivity index (χ3n) is 4.50. The molecule has 0 saturated carbocycles. The number of nitrogens with zero attached hydrogens (tertiary/aromatic N) is 2. The van der Waals surface area contributed by atoms with Crippen molar-refractivity contribution in [3.63, 3.8) is 0 Å². The van der Waals surface area contributed by atoms with E-state index in [0.29, 0.717) is 18.0 Å². The first-order valence-electron chi connectivity index (χ1n) is 8.83. The smallest absolute Gasteiger partial charge is 0.256 e. The second-order valence-electron chi connectivity index (χ2n) is 6.28. The molecule has 6 heteroatoms. The summed E-state index contributed by atoms with van der Waals surface area (Å²) in [6.07, 6.45) is 4.86. The number of pyridine rings is 1. The topological polar surface area (TPSA) is 56.2 Å². The van der Waals surface area contributed by atoms with Crippen LogP contribution in [-0.4, -0.2) is 39.6 Å². The predicted molar refractivity (Wildman–Crippen MR) is 105 cm³/mol. The van der Waals surface area contributed by atoms with Gasteiger partial charge in [0.25, 0.3) is 5.91 Å². The van der Waals surface area contributed by atoms with Crippen molar-refractivity contribution >= 4 is 28.6 Å². The van der Waals surface area contributed by atoms with Gasteiger partial charge in [0.15, 0.2) is 0 Å². The van der Waals surface area contributed by atoms with Crippen LogP contribution in [0.4, 0.5) is 0 Å². The van der Waals surface area contributed by atoms with Crippen molar-refractivity contribution in [2.75, 3.05) is 18.1 Å². The fraction of sp³-hybridized carbons (Fsp3) is 0.300. The molecule has 1 N–H and O–H groups in total. The number of rotatable bonds is 6. The van der Waals surface area contributed by atoms with Crippen LogP contribution in [0.25, 0.3) is 10.9 Å². The zero-order valence-corrected chi connectivity index (χ0v) is 15.2. The molecule has 3 aromatic rings. The largest absolute Gasteiger partial charge is 0.473 e. The Morgan fingerprint density at radius 2 is 2.19 bits per heavy atom. The summed E-state index contributed by atoms with van der Waals surface area (Å²) in [5, 5.41) is 4.19. The SMILES string of the molecule is O=C(NCCn1ccc2ccccc21)c1cccnc1OC1CCSC1. The van der Waals surface area contributed by atoms with Crippen molar-refractivity contribution in [1.29, 1.82) is 0 Å². The highest BCUT2D eigenvalue weighted by molar-refractivity contribution is 7.99. The molecule has 1 atom stereocenters. The molecule has 4 rings (SSSR count). The van der Waals surface area contributed by atoms with Crippen LogP contribution in [-0.2, 0) is 6.54 Å². The lowest BCUT2D eigenvalue weighted by molar-refractivity contribution is 0.0944. The molecule has 3 heterocycles. The van der Waals surface area contributed by atoms with Gasteiger partial charge in [0.1, 0.15) is 11.7 Å². The van der Waals surface area contributed by atoms with Crippen LogP contribution in [0.1, 0.15) is 16.8 Å². The molecule has 1 aromatic carbocycles. The summed E-state index contributed by atoms with van der Waals surface area (Å²) in [5.41, 5.74) is 1.67. The number of hydrogen-bond acceptors (Lipinski definition) is 4. The van der Waals surface area contributed by atoms with Gasteiger partial charge in [0, 0.05) is 36.8 Å². The summed E-state index contributed by atoms with van der Waals surface area (Å²) >= 11 is 1.87. The molecule has 1 aliphatic heterocycles. The Bertz CT molecular complexity index is 903. The number of carbonyl (C=O) groups is 1. The van der Waals surface area contributed by atoms with Crippen LogP contribution in [0, 0.1) is 0 Å². The first kappa shape index (κ1) is 17.0. The summed E-state index contributed by atoms with van der Waals surface area (Å²) in [7, 11) is 0. The molecule has 1 unspecified atom stereocenters. The van der Waals surface area contributed by atoms with E-state index >= 15 is 0 Å². The van der Waals surface area contributed by atoms with Gasteiger partial charge in [-0.3, -0.25) is 4.79 Å². The average Bonchev–Trinajstić information content (AvgIpc) is 3.32. The first-order valence-corrected chi connectivity index (χ1v) is 9.98. The molecule has 26 heavy (non-hydrogen) atoms. The maximum atomic E-state index is 12.6. The van der Waals surface area contributed by atoms with Gasteiger partial charge < -0.3 is 14.6 Å². The standard InChI is InChI=1S/C20H21N3O2S/c24-19(17-5-3-9-22-20(17)25-16-8-13-26-14-16)21-10-12-23-11-7-15-4-1-2-6-18(15)23/h1-7,9,11,16H,8,10,12-14H2,(H,21,24). The second-order valence-corrected chi connectivity index (χ2v) is 7.43. The summed E-state index contributed by atoms with van der Waals surface area (Å²) in [4.78, 5) is 16.9. The Labute approximate surface area is 156 Å². The van der Waals surface area contributed by atoms with Crippen LogP contribution in [0.2, 0.25) is 0 Å². The highest BCUT2D eigenvalue weighted by Gasteiger charge is 2.21. The second kappa shape index (κ2) is 7.83. The van der Waals surface area contributed by atoms with E-state index in [0.717, 1.165) is 24.5 Å². The van der Waals surface area contributed by atoms with E-state index in [9.17, 15) is 4.79 Å². The third kappa shape index (κ3) is 3.70. The van der Waals surface area contributed by atoms with E-state index in [1.807, 2.05) is 30.1 Å². The van der Waals surface area contributed by atoms with E-state index in [1.165, 1.54) is 10.9 Å². The Morgan fingerprint density at radius 3 is 3.08 bits per heavy atom. The summed E-state index contributed by atoms with van der Waals surface area (Å²) in [5.74, 6) is 2.35. The van der Waals surface area contributed by atoms with E-state index in [-0.39, 0.29) is 12.0 Å². The fourth-order valence-electron chi connectivity index (χ4n) is 3.14. The lowest BCUT2D eigenvalue weighted by Gasteiger charge is -2.14. The molecule has 0 bridgehead atoms. The van der Waals surface area contributed by atoms with Crippen molar-refractivity contribution in [2.24, 2.45) is 0 Å². The molecule has 5 nitrogen and oxygen atoms in total. The summed E-state index contributed by atoms with van der Waals surface area (Å²) in [6, 6.07) is 13.9. The zero-order chi connectivity index (χ0) is 17.8. The average molecular weight is 367 g/mol. The number of aromatic nitrogens is 2. The highest BCUT2D eigenvalue weighted by Crippen LogP contribution is 2.24. The van der Waals surface area contributed by atoms with Gasteiger partial charge in [-0.2, -0.15) is 11.8 Å². The van der Waals surface area contributed by atoms with Gasteiger partial charge in [0.05, 0.1) is 0 Å². The van der Waals surface area contributed by atoms with Crippen molar-refractivity contribution < 1.29 is 9.53 Å². The molecule has 2 aromatic heterocycles. The first-order chi connectivity index (χ1) is 12.8. The lowest BCUT2D eigenvalue weighted by atomic mass is 10.2. The lowest BCUT2D eigenvalue weighted by Crippen LogP contribution is -2.28. The van der Waals surface area contributed by atoms with Crippen LogP contribution < -0.4 is 10.1 Å². The van der Waals surface area contributed by atoms with E-state index < -0.39 is 0 Å². The number of ether oxygens (including phenoxy) is 1. The summed E-state index contributed by atoms with van der Waals surface area (Å²) in [6.45, 7) is 1.26. The Morgan fingerprint density at radius 1 is 1.27 bits per heavy atom. The monoisotopic (exact) mass is 367 g/mol. The van der Waals surface area contributed by atoms with Gasteiger partial charge in [-0.25, -0.2) is 4.98 Å². The normalized spacial score (nSPS) is 16.7. The summed E-state index contributed by atoms with van der Waals surface area (Å²) < 4.78 is 8.08. The number of thioether (sulfide) groups is 1. The van der Waals surface area contributed by atoms with Crippen LogP contribution in [0.5, 0.6) is 5.88 Å². The van der Waals surface area contributed by atoms with Gasteiger partial charge in [0.2, 0.25) is 5.88 Å². The Hall–Kier alpha value is -2.47. The molecule has 1 saturated heterocycles. The van der Waals surface area contributed by atoms with Crippen molar-refractivity contribution in [2.45, 2.75) is 19.1 Å². The highest BCUT2D eigenvalue weighted by atomic mass is 32.2. The number of para-hydroxylation sites is 1. The van der Waals surface area contributed by atoms with Crippen LogP contribution >= 0.6 is 11.8 Å². The van der Waals surface area contributed by atoms with E-state index in [2.05, 4.69) is 33.1 Å². The molecule has 134 valence electrons. The maximum absolute atomic E-state index is 12.6. The third-order valence-corrected chi connectivity index (χ3v) is 5.63. The number of hydrogen-bond donors (Lipinski definition) is 1. The number of fused-ring (bicyclic) bond motifs is 1.